The summed E-state index contributed by atoms with van der Waals surface area (Å²) < 4.78 is 25.5. The predicted molar refractivity (Wildman–Crippen MR) is 133 cm³/mol. The molecule has 3 amide bonds. The van der Waals surface area contributed by atoms with Gasteiger partial charge in [0.1, 0.15) is 0 Å². The summed E-state index contributed by atoms with van der Waals surface area (Å²) in [7, 11) is -1.98. The number of carbonyl (C=O) groups excluding carboxylic acids is 3. The average molecular weight is 516 g/mol. The summed E-state index contributed by atoms with van der Waals surface area (Å²) in [6, 6.07) is 9.56. The highest BCUT2D eigenvalue weighted by Crippen LogP contribution is 2.33. The predicted octanol–water partition coefficient (Wildman–Crippen LogP) is 2.18. The number of aromatic nitrogens is 1. The van der Waals surface area contributed by atoms with Gasteiger partial charge in [-0.05, 0) is 35.9 Å². The molecule has 1 atom stereocenters. The number of sulfonamides is 1. The first-order valence-corrected chi connectivity index (χ1v) is 12.8. The second kappa shape index (κ2) is 9.51. The van der Waals surface area contributed by atoms with Gasteiger partial charge in [-0.2, -0.15) is 0 Å². The van der Waals surface area contributed by atoms with Crippen molar-refractivity contribution in [2.24, 2.45) is 0 Å². The minimum Gasteiger partial charge on any atom is -0.358 e. The summed E-state index contributed by atoms with van der Waals surface area (Å²) >= 11 is 6.16. The van der Waals surface area contributed by atoms with Gasteiger partial charge in [-0.15, -0.1) is 0 Å². The number of nitrogens with one attached hydrogen (secondary N) is 3. The molecule has 2 aromatic carbocycles. The van der Waals surface area contributed by atoms with E-state index >= 15 is 0 Å². The molecule has 0 aliphatic carbocycles. The van der Waals surface area contributed by atoms with Gasteiger partial charge >= 0.3 is 0 Å². The van der Waals surface area contributed by atoms with Crippen molar-refractivity contribution in [3.8, 4) is 0 Å². The minimum absolute atomic E-state index is 0.00789. The Kier molecular flexibility index (Phi) is 6.64. The summed E-state index contributed by atoms with van der Waals surface area (Å²) in [5.74, 6) is -1.91. The van der Waals surface area contributed by atoms with Crippen LogP contribution in [0, 0.1) is 0 Å². The van der Waals surface area contributed by atoms with Crippen LogP contribution in [-0.4, -0.2) is 62.4 Å². The highest BCUT2D eigenvalue weighted by atomic mass is 35.5. The van der Waals surface area contributed by atoms with Gasteiger partial charge in [0.15, 0.2) is 0 Å². The lowest BCUT2D eigenvalue weighted by molar-refractivity contribution is -0.122. The number of hydrogen-bond acceptors (Lipinski definition) is 6. The fourth-order valence-electron chi connectivity index (χ4n) is 3.98. The number of pyridine rings is 1. The summed E-state index contributed by atoms with van der Waals surface area (Å²) in [5, 5.41) is 6.99. The van der Waals surface area contributed by atoms with Crippen LogP contribution in [0.1, 0.15) is 21.8 Å². The molecule has 0 saturated carbocycles. The molecule has 0 spiro atoms. The molecule has 3 N–H and O–H groups in total. The Hall–Kier alpha value is -3.70. The SMILES string of the molecule is CNC(=O)CN1CC(C(=O)Nc2cncc3cc(NS(C)(=O)=O)ccc23)c2cc(Cl)ccc2C1=O. The Labute approximate surface area is 206 Å². The van der Waals surface area contributed by atoms with Crippen LogP contribution < -0.4 is 15.4 Å². The topological polar surface area (TPSA) is 138 Å². The van der Waals surface area contributed by atoms with Crippen molar-refractivity contribution in [1.82, 2.24) is 15.2 Å². The Morgan fingerprint density at radius 1 is 1.17 bits per heavy atom. The van der Waals surface area contributed by atoms with Crippen LogP contribution >= 0.6 is 11.6 Å². The number of likely N-dealkylation sites (N-methyl/N-ethyl adjacent to an activating group) is 1. The van der Waals surface area contributed by atoms with Gasteiger partial charge in [0.05, 0.1) is 30.6 Å². The van der Waals surface area contributed by atoms with E-state index in [0.29, 0.717) is 38.3 Å². The van der Waals surface area contributed by atoms with Crippen LogP contribution in [0.15, 0.2) is 48.8 Å². The molecule has 4 rings (SSSR count). The third-order valence-electron chi connectivity index (χ3n) is 5.56. The highest BCUT2D eigenvalue weighted by molar-refractivity contribution is 7.92. The maximum atomic E-state index is 13.4. The number of anilines is 2. The van der Waals surface area contributed by atoms with Gasteiger partial charge in [0.25, 0.3) is 5.91 Å². The Morgan fingerprint density at radius 2 is 1.94 bits per heavy atom. The van der Waals surface area contributed by atoms with Crippen LogP contribution in [-0.2, 0) is 19.6 Å². The Balaban J connectivity index is 1.67. The molecular formula is C23H22ClN5O5S. The minimum atomic E-state index is -3.45. The van der Waals surface area contributed by atoms with E-state index in [2.05, 4.69) is 20.3 Å². The number of halogens is 1. The molecular weight excluding hydrogens is 494 g/mol. The highest BCUT2D eigenvalue weighted by Gasteiger charge is 2.36. The summed E-state index contributed by atoms with van der Waals surface area (Å²) in [5.41, 5.74) is 1.56. The zero-order chi connectivity index (χ0) is 25.3. The van der Waals surface area contributed by atoms with Gasteiger partial charge in [0, 0.05) is 46.8 Å². The number of rotatable bonds is 6. The van der Waals surface area contributed by atoms with Crippen LogP contribution in [0.4, 0.5) is 11.4 Å². The molecule has 0 saturated heterocycles. The van der Waals surface area contributed by atoms with Gasteiger partial charge in [-0.25, -0.2) is 8.42 Å². The number of hydrogen-bond donors (Lipinski definition) is 3. The lowest BCUT2D eigenvalue weighted by Gasteiger charge is -2.33. The second-order valence-electron chi connectivity index (χ2n) is 8.13. The van der Waals surface area contributed by atoms with Crippen LogP contribution in [0.25, 0.3) is 10.8 Å². The maximum absolute atomic E-state index is 13.4. The van der Waals surface area contributed by atoms with Gasteiger partial charge in [-0.1, -0.05) is 17.7 Å². The molecule has 1 aromatic heterocycles. The molecule has 3 aromatic rings. The zero-order valence-corrected chi connectivity index (χ0v) is 20.4. The van der Waals surface area contributed by atoms with Crippen molar-refractivity contribution < 1.29 is 22.8 Å². The first-order valence-electron chi connectivity index (χ1n) is 10.5. The Morgan fingerprint density at radius 3 is 2.66 bits per heavy atom. The number of fused-ring (bicyclic) bond motifs is 2. The first kappa shape index (κ1) is 24.4. The van der Waals surface area contributed by atoms with Crippen molar-refractivity contribution in [3.05, 3.63) is 64.9 Å². The van der Waals surface area contributed by atoms with Crippen molar-refractivity contribution in [2.75, 3.05) is 36.4 Å². The molecule has 1 aliphatic heterocycles. The zero-order valence-electron chi connectivity index (χ0n) is 18.8. The molecule has 0 radical (unpaired) electrons. The summed E-state index contributed by atoms with van der Waals surface area (Å²) in [4.78, 5) is 43.8. The number of benzene rings is 2. The molecule has 1 unspecified atom stereocenters. The van der Waals surface area contributed by atoms with Crippen molar-refractivity contribution >= 4 is 61.5 Å². The van der Waals surface area contributed by atoms with Crippen LogP contribution in [0.5, 0.6) is 0 Å². The summed E-state index contributed by atoms with van der Waals surface area (Å²) in [6.45, 7) is -0.195. The molecule has 182 valence electrons. The lowest BCUT2D eigenvalue weighted by atomic mass is 9.88. The molecule has 35 heavy (non-hydrogen) atoms. The van der Waals surface area contributed by atoms with E-state index in [1.807, 2.05) is 0 Å². The number of nitrogens with zero attached hydrogens (tertiary/aromatic N) is 2. The fourth-order valence-corrected chi connectivity index (χ4v) is 4.71. The second-order valence-corrected chi connectivity index (χ2v) is 10.3. The molecule has 10 nitrogen and oxygen atoms in total. The van der Waals surface area contributed by atoms with E-state index in [0.717, 1.165) is 6.26 Å². The smallest absolute Gasteiger partial charge is 0.254 e. The largest absolute Gasteiger partial charge is 0.358 e. The van der Waals surface area contributed by atoms with Crippen molar-refractivity contribution in [2.45, 2.75) is 5.92 Å². The molecule has 12 heteroatoms. The van der Waals surface area contributed by atoms with Crippen molar-refractivity contribution in [1.29, 1.82) is 0 Å². The lowest BCUT2D eigenvalue weighted by Crippen LogP contribution is -2.47. The van der Waals surface area contributed by atoms with Gasteiger partial charge < -0.3 is 15.5 Å². The maximum Gasteiger partial charge on any atom is 0.254 e. The first-order chi connectivity index (χ1) is 16.6. The quantitative estimate of drug-likeness (QED) is 0.460. The molecule has 2 heterocycles. The standard InChI is InChI=1S/C23H22ClN5O5S/c1-25-21(30)12-29-11-19(18-8-14(24)3-5-17(18)23(29)32)22(31)27-20-10-26-9-13-7-15(4-6-16(13)20)28-35(2,33)34/h3-10,19,28H,11-12H2,1-2H3,(H,25,30)(H,27,31). The van der Waals surface area contributed by atoms with Gasteiger partial charge in [0.2, 0.25) is 21.8 Å². The van der Waals surface area contributed by atoms with E-state index in [1.165, 1.54) is 18.1 Å². The normalized spacial score (nSPS) is 15.5. The van der Waals surface area contributed by atoms with Crippen LogP contribution in [0.2, 0.25) is 5.02 Å². The van der Waals surface area contributed by atoms with E-state index in [4.69, 9.17) is 11.6 Å². The van der Waals surface area contributed by atoms with E-state index in [-0.39, 0.29) is 24.9 Å². The monoisotopic (exact) mass is 515 g/mol. The van der Waals surface area contributed by atoms with E-state index in [9.17, 15) is 22.8 Å². The number of amides is 3. The average Bonchev–Trinajstić information content (AvgIpc) is 2.79. The summed E-state index contributed by atoms with van der Waals surface area (Å²) in [6.07, 6.45) is 4.09. The molecule has 1 aliphatic rings. The van der Waals surface area contributed by atoms with Gasteiger partial charge in [-0.3, -0.25) is 24.1 Å². The van der Waals surface area contributed by atoms with E-state index in [1.54, 1.807) is 42.6 Å². The van der Waals surface area contributed by atoms with Crippen LogP contribution in [0.3, 0.4) is 0 Å². The Bertz CT molecular complexity index is 1460. The van der Waals surface area contributed by atoms with E-state index < -0.39 is 21.8 Å². The van der Waals surface area contributed by atoms with Crippen molar-refractivity contribution in [3.63, 3.8) is 0 Å². The number of carbonyl (C=O) groups is 3. The fraction of sp³-hybridized carbons (Fsp3) is 0.217. The molecule has 0 fully saturated rings. The third-order valence-corrected chi connectivity index (χ3v) is 6.40. The molecule has 0 bridgehead atoms. The third kappa shape index (κ3) is 5.36.